The van der Waals surface area contributed by atoms with Crippen molar-refractivity contribution in [1.29, 1.82) is 5.26 Å². The van der Waals surface area contributed by atoms with Gasteiger partial charge in [-0.25, -0.2) is 0 Å². The average Bonchev–Trinajstić information content (AvgIpc) is 2.01. The van der Waals surface area contributed by atoms with Crippen LogP contribution in [0.15, 0.2) is 0 Å². The molecule has 0 aliphatic heterocycles. The van der Waals surface area contributed by atoms with Crippen molar-refractivity contribution >= 4 is 11.9 Å². The van der Waals surface area contributed by atoms with Crippen molar-refractivity contribution in [3.05, 3.63) is 0 Å². The number of nitriles is 1. The van der Waals surface area contributed by atoms with Gasteiger partial charge < -0.3 is 9.84 Å². The highest BCUT2D eigenvalue weighted by atomic mass is 16.5. The van der Waals surface area contributed by atoms with Crippen LogP contribution in [0.3, 0.4) is 0 Å². The van der Waals surface area contributed by atoms with E-state index in [1.54, 1.807) is 6.07 Å². The first-order valence-electron chi connectivity index (χ1n) is 3.41. The van der Waals surface area contributed by atoms with Crippen molar-refractivity contribution < 1.29 is 19.4 Å². The molecule has 0 rings (SSSR count). The summed E-state index contributed by atoms with van der Waals surface area (Å²) in [5, 5.41) is 16.2. The summed E-state index contributed by atoms with van der Waals surface area (Å²) in [4.78, 5) is 20.6. The number of carboxylic acids is 1. The molecule has 0 aromatic carbocycles. The Labute approximate surface area is 69.6 Å². The third-order valence-corrected chi connectivity index (χ3v) is 1.02. The zero-order valence-corrected chi connectivity index (χ0v) is 6.45. The smallest absolute Gasteiger partial charge is 0.306 e. The van der Waals surface area contributed by atoms with Crippen LogP contribution in [-0.4, -0.2) is 23.7 Å². The first-order valence-corrected chi connectivity index (χ1v) is 3.41. The molecule has 0 bridgehead atoms. The van der Waals surface area contributed by atoms with Gasteiger partial charge in [-0.15, -0.1) is 0 Å². The van der Waals surface area contributed by atoms with E-state index in [0.717, 1.165) is 0 Å². The van der Waals surface area contributed by atoms with Crippen LogP contribution in [0.25, 0.3) is 0 Å². The molecule has 0 heterocycles. The van der Waals surface area contributed by atoms with Crippen molar-refractivity contribution in [2.24, 2.45) is 0 Å². The van der Waals surface area contributed by atoms with Gasteiger partial charge in [-0.3, -0.25) is 9.59 Å². The van der Waals surface area contributed by atoms with E-state index in [2.05, 4.69) is 4.74 Å². The van der Waals surface area contributed by atoms with Crippen LogP contribution in [0.1, 0.15) is 19.3 Å². The number of nitrogens with zero attached hydrogens (tertiary/aromatic N) is 1. The number of ether oxygens (including phenoxy) is 1. The van der Waals surface area contributed by atoms with Gasteiger partial charge >= 0.3 is 11.9 Å². The Morgan fingerprint density at radius 3 is 2.58 bits per heavy atom. The van der Waals surface area contributed by atoms with E-state index in [0.29, 0.717) is 0 Å². The summed E-state index contributed by atoms with van der Waals surface area (Å²) in [5.41, 5.74) is 0. The summed E-state index contributed by atoms with van der Waals surface area (Å²) in [7, 11) is 0. The summed E-state index contributed by atoms with van der Waals surface area (Å²) >= 11 is 0. The molecule has 0 saturated heterocycles. The summed E-state index contributed by atoms with van der Waals surface area (Å²) in [6.45, 7) is 0.0367. The second-order valence-corrected chi connectivity index (χ2v) is 2.02. The summed E-state index contributed by atoms with van der Waals surface area (Å²) in [6, 6.07) is 1.79. The third-order valence-electron chi connectivity index (χ3n) is 1.02. The number of hydrogen-bond acceptors (Lipinski definition) is 4. The van der Waals surface area contributed by atoms with Gasteiger partial charge in [0.15, 0.2) is 0 Å². The van der Waals surface area contributed by atoms with Crippen LogP contribution >= 0.6 is 0 Å². The molecular weight excluding hydrogens is 162 g/mol. The van der Waals surface area contributed by atoms with Gasteiger partial charge in [-0.2, -0.15) is 5.26 Å². The largest absolute Gasteiger partial charge is 0.481 e. The zero-order chi connectivity index (χ0) is 9.40. The van der Waals surface area contributed by atoms with Gasteiger partial charge in [0.2, 0.25) is 0 Å². The molecule has 0 spiro atoms. The fourth-order valence-corrected chi connectivity index (χ4v) is 0.492. The first kappa shape index (κ1) is 10.4. The van der Waals surface area contributed by atoms with Crippen molar-refractivity contribution in [2.75, 3.05) is 6.61 Å². The lowest BCUT2D eigenvalue weighted by Gasteiger charge is -1.98. The molecule has 0 aliphatic rings. The Kier molecular flexibility index (Phi) is 5.35. The molecule has 66 valence electrons. The van der Waals surface area contributed by atoms with E-state index in [4.69, 9.17) is 10.4 Å². The third kappa shape index (κ3) is 6.55. The number of rotatable bonds is 5. The normalized spacial score (nSPS) is 8.58. The van der Waals surface area contributed by atoms with E-state index >= 15 is 0 Å². The summed E-state index contributed by atoms with van der Waals surface area (Å²) < 4.78 is 4.51. The predicted octanol–water partition coefficient (Wildman–Crippen LogP) is 0.308. The lowest BCUT2D eigenvalue weighted by molar-refractivity contribution is -0.147. The maximum Gasteiger partial charge on any atom is 0.306 e. The number of esters is 1. The highest BCUT2D eigenvalue weighted by Gasteiger charge is 2.05. The van der Waals surface area contributed by atoms with Gasteiger partial charge in [-0.1, -0.05) is 0 Å². The standard InChI is InChI=1S/C7H9NO4/c8-4-1-5-12-7(11)3-2-6(9)10/h1-3,5H2,(H,9,10). The Balaban J connectivity index is 3.35. The van der Waals surface area contributed by atoms with E-state index in [-0.39, 0.29) is 25.9 Å². The predicted molar refractivity (Wildman–Crippen MR) is 38.1 cm³/mol. The molecule has 0 fully saturated rings. The number of carbonyl (C=O) groups is 2. The van der Waals surface area contributed by atoms with Gasteiger partial charge in [0, 0.05) is 0 Å². The number of hydrogen-bond donors (Lipinski definition) is 1. The topological polar surface area (TPSA) is 87.4 Å². The van der Waals surface area contributed by atoms with Crippen molar-refractivity contribution in [3.8, 4) is 6.07 Å². The van der Waals surface area contributed by atoms with Crippen molar-refractivity contribution in [3.63, 3.8) is 0 Å². The van der Waals surface area contributed by atoms with Gasteiger partial charge in [0.25, 0.3) is 0 Å². The quantitative estimate of drug-likeness (QED) is 0.475. The molecular formula is C7H9NO4. The second-order valence-electron chi connectivity index (χ2n) is 2.02. The van der Waals surface area contributed by atoms with Crippen LogP contribution < -0.4 is 0 Å². The molecule has 0 aromatic heterocycles. The number of carboxylic acid groups (broad SMARTS) is 1. The van der Waals surface area contributed by atoms with Crippen LogP contribution in [0, 0.1) is 11.3 Å². The van der Waals surface area contributed by atoms with Crippen molar-refractivity contribution in [2.45, 2.75) is 19.3 Å². The van der Waals surface area contributed by atoms with E-state index in [1.165, 1.54) is 0 Å². The second kappa shape index (κ2) is 6.16. The maximum absolute atomic E-state index is 10.6. The monoisotopic (exact) mass is 171 g/mol. The van der Waals surface area contributed by atoms with Gasteiger partial charge in [0.05, 0.1) is 25.3 Å². The molecule has 1 N–H and O–H groups in total. The molecule has 0 atom stereocenters. The minimum atomic E-state index is -1.03. The Hall–Kier alpha value is -1.57. The fraction of sp³-hybridized carbons (Fsp3) is 0.571. The highest BCUT2D eigenvalue weighted by Crippen LogP contribution is 1.93. The molecule has 12 heavy (non-hydrogen) atoms. The summed E-state index contributed by atoms with van der Waals surface area (Å²) in [6.07, 6.45) is -0.231. The molecule has 0 radical (unpaired) electrons. The highest BCUT2D eigenvalue weighted by molar-refractivity contribution is 5.76. The minimum Gasteiger partial charge on any atom is -0.481 e. The number of aliphatic carboxylic acids is 1. The summed E-state index contributed by atoms with van der Waals surface area (Å²) in [5.74, 6) is -1.61. The first-order chi connectivity index (χ1) is 5.66. The average molecular weight is 171 g/mol. The van der Waals surface area contributed by atoms with Gasteiger partial charge in [-0.05, 0) is 0 Å². The Bertz CT molecular complexity index is 206. The van der Waals surface area contributed by atoms with Crippen LogP contribution in [0.2, 0.25) is 0 Å². The van der Waals surface area contributed by atoms with E-state index < -0.39 is 11.9 Å². The van der Waals surface area contributed by atoms with Crippen LogP contribution in [0.5, 0.6) is 0 Å². The molecule has 0 saturated carbocycles. The molecule has 5 heteroatoms. The molecule has 0 aliphatic carbocycles. The fourth-order valence-electron chi connectivity index (χ4n) is 0.492. The zero-order valence-electron chi connectivity index (χ0n) is 6.45. The lowest BCUT2D eigenvalue weighted by Crippen LogP contribution is -2.07. The Morgan fingerprint density at radius 2 is 2.08 bits per heavy atom. The van der Waals surface area contributed by atoms with Gasteiger partial charge in [0.1, 0.15) is 6.61 Å². The lowest BCUT2D eigenvalue weighted by atomic mass is 10.3. The SMILES string of the molecule is N#CCCOC(=O)CCC(=O)O. The maximum atomic E-state index is 10.6. The molecule has 5 nitrogen and oxygen atoms in total. The Morgan fingerprint density at radius 1 is 1.42 bits per heavy atom. The van der Waals surface area contributed by atoms with Crippen molar-refractivity contribution in [1.82, 2.24) is 0 Å². The van der Waals surface area contributed by atoms with Crippen LogP contribution in [-0.2, 0) is 14.3 Å². The minimum absolute atomic E-state index is 0.0367. The van der Waals surface area contributed by atoms with Crippen LogP contribution in [0.4, 0.5) is 0 Å². The number of carbonyl (C=O) groups excluding carboxylic acids is 1. The molecule has 0 aromatic rings. The molecule has 0 amide bonds. The van der Waals surface area contributed by atoms with E-state index in [9.17, 15) is 9.59 Å². The van der Waals surface area contributed by atoms with E-state index in [1.807, 2.05) is 0 Å². The molecule has 0 unspecified atom stereocenters.